The molecule has 3 aromatic rings. The second-order valence-corrected chi connectivity index (χ2v) is 7.22. The highest BCUT2D eigenvalue weighted by Gasteiger charge is 2.13. The zero-order valence-electron chi connectivity index (χ0n) is 11.8. The van der Waals surface area contributed by atoms with Crippen LogP contribution < -0.4 is 5.14 Å². The minimum absolute atomic E-state index is 0.0272. The van der Waals surface area contributed by atoms with Crippen molar-refractivity contribution in [3.63, 3.8) is 0 Å². The topological polar surface area (TPSA) is 103 Å². The molecule has 0 radical (unpaired) electrons. The van der Waals surface area contributed by atoms with Gasteiger partial charge in [0.2, 0.25) is 10.0 Å². The molecule has 0 saturated heterocycles. The lowest BCUT2D eigenvalue weighted by Gasteiger charge is -2.01. The van der Waals surface area contributed by atoms with Crippen molar-refractivity contribution in [3.8, 4) is 0 Å². The number of hydrogen-bond donors (Lipinski definition) is 1. The fourth-order valence-corrected chi connectivity index (χ4v) is 3.20. The Morgan fingerprint density at radius 2 is 1.83 bits per heavy atom. The molecule has 0 amide bonds. The first-order chi connectivity index (χ1) is 10.9. The van der Waals surface area contributed by atoms with E-state index in [1.807, 2.05) is 18.2 Å². The summed E-state index contributed by atoms with van der Waals surface area (Å²) in [5.74, 6) is -0.0140. The van der Waals surface area contributed by atoms with Crippen LogP contribution in [0.15, 0.2) is 63.1 Å². The fraction of sp³-hybridized carbons (Fsp3) is 0.0667. The van der Waals surface area contributed by atoms with Gasteiger partial charge < -0.3 is 4.42 Å². The monoisotopic (exact) mass is 348 g/mol. The Bertz CT molecular complexity index is 930. The Kier molecular flexibility index (Phi) is 4.20. The molecule has 118 valence electrons. The maximum Gasteiger partial charge on any atom is 0.257 e. The van der Waals surface area contributed by atoms with E-state index in [9.17, 15) is 13.2 Å². The van der Waals surface area contributed by atoms with Gasteiger partial charge in [0, 0.05) is 5.56 Å². The maximum atomic E-state index is 12.1. The predicted octanol–water partition coefficient (Wildman–Crippen LogP) is 2.45. The Morgan fingerprint density at radius 3 is 2.48 bits per heavy atom. The summed E-state index contributed by atoms with van der Waals surface area (Å²) >= 11 is 1.19. The molecule has 1 heterocycles. The molecule has 0 aliphatic heterocycles. The molecule has 0 spiro atoms. The minimum Gasteiger partial charge on any atom is -0.431 e. The third-order valence-corrected chi connectivity index (χ3v) is 4.86. The van der Waals surface area contributed by atoms with E-state index in [2.05, 4.69) is 4.98 Å². The molecule has 23 heavy (non-hydrogen) atoms. The fourth-order valence-electron chi connectivity index (χ4n) is 1.95. The van der Waals surface area contributed by atoms with E-state index < -0.39 is 10.0 Å². The molecule has 0 unspecified atom stereocenters. The molecule has 1 aromatic heterocycles. The van der Waals surface area contributed by atoms with Crippen molar-refractivity contribution in [2.45, 2.75) is 10.1 Å². The summed E-state index contributed by atoms with van der Waals surface area (Å²) < 4.78 is 27.9. The number of carbonyl (C=O) groups excluding carboxylic acids is 1. The zero-order chi connectivity index (χ0) is 16.4. The molecule has 0 atom stereocenters. The smallest absolute Gasteiger partial charge is 0.257 e. The average molecular weight is 348 g/mol. The number of fused-ring (bicyclic) bond motifs is 1. The predicted molar refractivity (Wildman–Crippen MR) is 86.9 cm³/mol. The molecular weight excluding hydrogens is 336 g/mol. The first-order valence-corrected chi connectivity index (χ1v) is 9.11. The van der Waals surface area contributed by atoms with Crippen molar-refractivity contribution >= 4 is 38.7 Å². The summed E-state index contributed by atoms with van der Waals surface area (Å²) in [7, 11) is -3.76. The molecule has 0 aliphatic carbocycles. The molecule has 2 N–H and O–H groups in total. The molecular formula is C15H12N2O4S2. The Labute approximate surface area is 136 Å². The van der Waals surface area contributed by atoms with Crippen molar-refractivity contribution < 1.29 is 17.6 Å². The van der Waals surface area contributed by atoms with E-state index >= 15 is 0 Å². The van der Waals surface area contributed by atoms with Gasteiger partial charge in [-0.2, -0.15) is 0 Å². The van der Waals surface area contributed by atoms with Gasteiger partial charge >= 0.3 is 0 Å². The standard InChI is InChI=1S/C15H12N2O4S2/c16-23(19,20)11-7-5-10(6-8-11)13(18)9-22-15-17-12-3-1-2-4-14(12)21-15/h1-8H,9H2,(H2,16,19,20). The van der Waals surface area contributed by atoms with E-state index in [4.69, 9.17) is 9.56 Å². The van der Waals surface area contributed by atoms with Gasteiger partial charge in [-0.1, -0.05) is 36.0 Å². The number of primary sulfonamides is 1. The Morgan fingerprint density at radius 1 is 1.13 bits per heavy atom. The lowest BCUT2D eigenvalue weighted by molar-refractivity contribution is 0.102. The van der Waals surface area contributed by atoms with E-state index in [-0.39, 0.29) is 16.4 Å². The van der Waals surface area contributed by atoms with E-state index in [0.717, 1.165) is 5.52 Å². The Hall–Kier alpha value is -2.16. The normalized spacial score (nSPS) is 11.7. The number of carbonyl (C=O) groups is 1. The van der Waals surface area contributed by atoms with Gasteiger partial charge in [0.1, 0.15) is 5.52 Å². The van der Waals surface area contributed by atoms with Crippen LogP contribution in [0.5, 0.6) is 0 Å². The van der Waals surface area contributed by atoms with Crippen molar-refractivity contribution in [2.75, 3.05) is 5.75 Å². The molecule has 2 aromatic carbocycles. The SMILES string of the molecule is NS(=O)(=O)c1ccc(C(=O)CSc2nc3ccccc3o2)cc1. The van der Waals surface area contributed by atoms with Crippen LogP contribution in [-0.2, 0) is 10.0 Å². The number of rotatable bonds is 5. The van der Waals surface area contributed by atoms with Crippen LogP contribution >= 0.6 is 11.8 Å². The number of nitrogens with zero attached hydrogens (tertiary/aromatic N) is 1. The van der Waals surface area contributed by atoms with Crippen LogP contribution in [0, 0.1) is 0 Å². The molecule has 0 aliphatic rings. The largest absolute Gasteiger partial charge is 0.431 e. The number of oxazole rings is 1. The van der Waals surface area contributed by atoms with Gasteiger partial charge in [-0.15, -0.1) is 0 Å². The van der Waals surface area contributed by atoms with Gasteiger partial charge in [0.25, 0.3) is 5.22 Å². The number of para-hydroxylation sites is 2. The molecule has 8 heteroatoms. The van der Waals surface area contributed by atoms with Gasteiger partial charge in [0.05, 0.1) is 10.6 Å². The van der Waals surface area contributed by atoms with Crippen LogP contribution in [0.4, 0.5) is 0 Å². The zero-order valence-corrected chi connectivity index (χ0v) is 13.4. The third-order valence-electron chi connectivity index (χ3n) is 3.11. The van der Waals surface area contributed by atoms with Gasteiger partial charge in [0.15, 0.2) is 11.4 Å². The summed E-state index contributed by atoms with van der Waals surface area (Å²) in [6, 6.07) is 12.8. The van der Waals surface area contributed by atoms with Gasteiger partial charge in [-0.3, -0.25) is 4.79 Å². The number of aromatic nitrogens is 1. The van der Waals surface area contributed by atoms with E-state index in [1.165, 1.54) is 36.0 Å². The summed E-state index contributed by atoms with van der Waals surface area (Å²) in [5.41, 5.74) is 1.81. The van der Waals surface area contributed by atoms with Crippen LogP contribution in [0.25, 0.3) is 11.1 Å². The summed E-state index contributed by atoms with van der Waals surface area (Å²) in [5, 5.41) is 5.43. The number of Topliss-reactive ketones (excluding diaryl/α,β-unsaturated/α-hetero) is 1. The first-order valence-electron chi connectivity index (χ1n) is 6.58. The number of hydrogen-bond acceptors (Lipinski definition) is 6. The number of thioether (sulfide) groups is 1. The molecule has 0 bridgehead atoms. The second-order valence-electron chi connectivity index (χ2n) is 4.73. The summed E-state index contributed by atoms with van der Waals surface area (Å²) in [6.45, 7) is 0. The average Bonchev–Trinajstić information content (AvgIpc) is 2.95. The number of nitrogens with two attached hydrogens (primary N) is 1. The molecule has 6 nitrogen and oxygen atoms in total. The molecule has 3 rings (SSSR count). The van der Waals surface area contributed by atoms with Crippen LogP contribution in [0.3, 0.4) is 0 Å². The number of benzene rings is 2. The van der Waals surface area contributed by atoms with Crippen molar-refractivity contribution in [3.05, 3.63) is 54.1 Å². The second kappa shape index (κ2) is 6.15. The number of sulfonamides is 1. The van der Waals surface area contributed by atoms with Crippen LogP contribution in [-0.4, -0.2) is 24.9 Å². The van der Waals surface area contributed by atoms with Crippen LogP contribution in [0.2, 0.25) is 0 Å². The molecule has 0 fully saturated rings. The molecule has 0 saturated carbocycles. The Balaban J connectivity index is 1.69. The van der Waals surface area contributed by atoms with Crippen molar-refractivity contribution in [2.24, 2.45) is 5.14 Å². The summed E-state index contributed by atoms with van der Waals surface area (Å²) in [6.07, 6.45) is 0. The lowest BCUT2D eigenvalue weighted by Crippen LogP contribution is -2.12. The van der Waals surface area contributed by atoms with Gasteiger partial charge in [-0.05, 0) is 24.3 Å². The lowest BCUT2D eigenvalue weighted by atomic mass is 10.1. The highest BCUT2D eigenvalue weighted by Crippen LogP contribution is 2.24. The van der Waals surface area contributed by atoms with Gasteiger partial charge in [-0.25, -0.2) is 18.5 Å². The summed E-state index contributed by atoms with van der Waals surface area (Å²) in [4.78, 5) is 16.4. The number of ketones is 1. The van der Waals surface area contributed by atoms with Crippen molar-refractivity contribution in [1.29, 1.82) is 0 Å². The minimum atomic E-state index is -3.76. The van der Waals surface area contributed by atoms with Crippen molar-refractivity contribution in [1.82, 2.24) is 4.98 Å². The third kappa shape index (κ3) is 3.61. The quantitative estimate of drug-likeness (QED) is 0.561. The maximum absolute atomic E-state index is 12.1. The van der Waals surface area contributed by atoms with E-state index in [1.54, 1.807) is 6.07 Å². The van der Waals surface area contributed by atoms with Crippen LogP contribution in [0.1, 0.15) is 10.4 Å². The highest BCUT2D eigenvalue weighted by atomic mass is 32.2. The first kappa shape index (κ1) is 15.7. The van der Waals surface area contributed by atoms with E-state index in [0.29, 0.717) is 16.4 Å². The highest BCUT2D eigenvalue weighted by molar-refractivity contribution is 7.99.